The molecular weight excluding hydrogens is 428 g/mol. The summed E-state index contributed by atoms with van der Waals surface area (Å²) in [5.41, 5.74) is 2.17. The zero-order chi connectivity index (χ0) is 23.5. The lowest BCUT2D eigenvalue weighted by Crippen LogP contribution is -2.53. The molecule has 0 aromatic heterocycles. The minimum atomic E-state index is -0.169. The van der Waals surface area contributed by atoms with Crippen LogP contribution in [0, 0.1) is 23.2 Å². The first kappa shape index (κ1) is 22.9. The fourth-order valence-corrected chi connectivity index (χ4v) is 6.61. The Morgan fingerprint density at radius 2 is 1.50 bits per heavy atom. The second kappa shape index (κ2) is 9.79. The molecule has 6 rings (SSSR count). The van der Waals surface area contributed by atoms with Gasteiger partial charge in [-0.25, -0.2) is 0 Å². The standard InChI is InChI=1S/C28H34N2O4/c1-33-10-11-34-25-8-6-24(7-9-25)30-26(31)23-4-2-19(3-5-23)18-29-27(32)28-15-20-12-21(16-28)14-22(13-20)17-28/h2-9,20-22H,10-18H2,1H3,(H,29,32)(H,30,31). The Kier molecular flexibility index (Phi) is 6.59. The number of anilines is 1. The van der Waals surface area contributed by atoms with Crippen molar-refractivity contribution in [2.24, 2.45) is 23.2 Å². The number of methoxy groups -OCH3 is 1. The second-order valence-electron chi connectivity index (χ2n) is 10.4. The highest BCUT2D eigenvalue weighted by Crippen LogP contribution is 2.60. The molecule has 0 unspecified atom stereocenters. The van der Waals surface area contributed by atoms with Gasteiger partial charge in [-0.1, -0.05) is 12.1 Å². The van der Waals surface area contributed by atoms with Gasteiger partial charge in [-0.05, 0) is 98.2 Å². The molecule has 0 saturated heterocycles. The summed E-state index contributed by atoms with van der Waals surface area (Å²) >= 11 is 0. The SMILES string of the molecule is COCCOc1ccc(NC(=O)c2ccc(CNC(=O)C34CC5CC(CC(C5)C3)C4)cc2)cc1. The van der Waals surface area contributed by atoms with E-state index in [2.05, 4.69) is 10.6 Å². The van der Waals surface area contributed by atoms with Gasteiger partial charge in [0.15, 0.2) is 0 Å². The van der Waals surface area contributed by atoms with Crippen LogP contribution in [0.1, 0.15) is 54.4 Å². The van der Waals surface area contributed by atoms with Crippen molar-refractivity contribution in [3.8, 4) is 5.75 Å². The number of ether oxygens (including phenoxy) is 2. The molecule has 0 aliphatic heterocycles. The van der Waals surface area contributed by atoms with Gasteiger partial charge >= 0.3 is 0 Å². The predicted octanol–water partition coefficient (Wildman–Crippen LogP) is 4.80. The van der Waals surface area contributed by atoms with Crippen molar-refractivity contribution < 1.29 is 19.1 Å². The summed E-state index contributed by atoms with van der Waals surface area (Å²) in [6.45, 7) is 1.52. The quantitative estimate of drug-likeness (QED) is 0.525. The van der Waals surface area contributed by atoms with E-state index in [1.54, 1.807) is 7.11 Å². The largest absolute Gasteiger partial charge is 0.491 e. The van der Waals surface area contributed by atoms with Crippen molar-refractivity contribution in [2.45, 2.75) is 45.1 Å². The van der Waals surface area contributed by atoms with Crippen LogP contribution in [0.15, 0.2) is 48.5 Å². The molecule has 0 spiro atoms. The number of carbonyl (C=O) groups is 2. The summed E-state index contributed by atoms with van der Waals surface area (Å²) in [5.74, 6) is 3.08. The molecule has 4 bridgehead atoms. The summed E-state index contributed by atoms with van der Waals surface area (Å²) in [5, 5.41) is 6.12. The van der Waals surface area contributed by atoms with E-state index in [9.17, 15) is 9.59 Å². The van der Waals surface area contributed by atoms with Crippen LogP contribution in [0.25, 0.3) is 0 Å². The number of hydrogen-bond donors (Lipinski definition) is 2. The smallest absolute Gasteiger partial charge is 0.255 e. The molecule has 0 atom stereocenters. The highest BCUT2D eigenvalue weighted by molar-refractivity contribution is 6.04. The number of benzene rings is 2. The van der Waals surface area contributed by atoms with E-state index in [1.807, 2.05) is 48.5 Å². The lowest BCUT2D eigenvalue weighted by molar-refractivity contribution is -0.146. The number of amides is 2. The molecule has 4 fully saturated rings. The van der Waals surface area contributed by atoms with Crippen LogP contribution in [-0.4, -0.2) is 32.1 Å². The van der Waals surface area contributed by atoms with Crippen molar-refractivity contribution in [2.75, 3.05) is 25.6 Å². The van der Waals surface area contributed by atoms with Crippen LogP contribution in [0.5, 0.6) is 5.75 Å². The van der Waals surface area contributed by atoms with E-state index in [1.165, 1.54) is 19.3 Å². The number of rotatable bonds is 9. The van der Waals surface area contributed by atoms with Crippen LogP contribution in [-0.2, 0) is 16.1 Å². The lowest BCUT2D eigenvalue weighted by Gasteiger charge is -2.55. The topological polar surface area (TPSA) is 76.7 Å². The molecule has 2 N–H and O–H groups in total. The van der Waals surface area contributed by atoms with Crippen LogP contribution < -0.4 is 15.4 Å². The average molecular weight is 463 g/mol. The Labute approximate surface area is 201 Å². The highest BCUT2D eigenvalue weighted by Gasteiger charge is 2.54. The molecule has 4 aliphatic carbocycles. The zero-order valence-electron chi connectivity index (χ0n) is 19.8. The van der Waals surface area contributed by atoms with E-state index in [4.69, 9.17) is 9.47 Å². The molecule has 0 radical (unpaired) electrons. The minimum absolute atomic E-state index is 0.126. The molecule has 2 amide bonds. The maximum atomic E-state index is 13.2. The molecular formula is C28H34N2O4. The van der Waals surface area contributed by atoms with Crippen molar-refractivity contribution in [1.82, 2.24) is 5.32 Å². The first-order chi connectivity index (χ1) is 16.5. The average Bonchev–Trinajstić information content (AvgIpc) is 2.83. The summed E-state index contributed by atoms with van der Waals surface area (Å²) in [7, 11) is 1.63. The van der Waals surface area contributed by atoms with Crippen LogP contribution in [0.3, 0.4) is 0 Å². The summed E-state index contributed by atoms with van der Waals surface area (Å²) in [4.78, 5) is 25.8. The van der Waals surface area contributed by atoms with Gasteiger partial charge in [0.1, 0.15) is 12.4 Å². The van der Waals surface area contributed by atoms with Crippen molar-refractivity contribution in [1.29, 1.82) is 0 Å². The Morgan fingerprint density at radius 3 is 2.09 bits per heavy atom. The molecule has 2 aromatic carbocycles. The van der Waals surface area contributed by atoms with Crippen molar-refractivity contribution in [3.05, 3.63) is 59.7 Å². The zero-order valence-corrected chi connectivity index (χ0v) is 19.8. The summed E-state index contributed by atoms with van der Waals surface area (Å²) < 4.78 is 10.5. The molecule has 0 heterocycles. The van der Waals surface area contributed by atoms with Crippen molar-refractivity contribution in [3.63, 3.8) is 0 Å². The third-order valence-corrected chi connectivity index (χ3v) is 7.86. The van der Waals surface area contributed by atoms with Crippen LogP contribution in [0.2, 0.25) is 0 Å². The third kappa shape index (κ3) is 4.97. The number of hydrogen-bond acceptors (Lipinski definition) is 4. The van der Waals surface area contributed by atoms with Gasteiger partial charge in [0.2, 0.25) is 5.91 Å². The first-order valence-corrected chi connectivity index (χ1v) is 12.4. The molecule has 4 saturated carbocycles. The maximum Gasteiger partial charge on any atom is 0.255 e. The van der Waals surface area contributed by atoms with Gasteiger partial charge in [0, 0.05) is 30.3 Å². The second-order valence-corrected chi connectivity index (χ2v) is 10.4. The monoisotopic (exact) mass is 462 g/mol. The van der Waals surface area contributed by atoms with Crippen molar-refractivity contribution >= 4 is 17.5 Å². The maximum absolute atomic E-state index is 13.2. The Hall–Kier alpha value is -2.86. The fourth-order valence-electron chi connectivity index (χ4n) is 6.61. The molecule has 34 heavy (non-hydrogen) atoms. The minimum Gasteiger partial charge on any atom is -0.491 e. The van der Waals surface area contributed by atoms with Gasteiger partial charge in [0.05, 0.1) is 6.61 Å². The molecule has 180 valence electrons. The van der Waals surface area contributed by atoms with Crippen LogP contribution >= 0.6 is 0 Å². The highest BCUT2D eigenvalue weighted by atomic mass is 16.5. The van der Waals surface area contributed by atoms with Gasteiger partial charge < -0.3 is 20.1 Å². The predicted molar refractivity (Wildman–Crippen MR) is 131 cm³/mol. The van der Waals surface area contributed by atoms with Gasteiger partial charge in [-0.15, -0.1) is 0 Å². The Balaban J connectivity index is 1.12. The Bertz CT molecular complexity index is 980. The summed E-state index contributed by atoms with van der Waals surface area (Å²) in [6.07, 6.45) is 7.23. The van der Waals surface area contributed by atoms with E-state index in [0.717, 1.165) is 48.3 Å². The normalized spacial score (nSPS) is 26.8. The molecule has 2 aromatic rings. The molecule has 6 nitrogen and oxygen atoms in total. The summed E-state index contributed by atoms with van der Waals surface area (Å²) in [6, 6.07) is 14.7. The van der Waals surface area contributed by atoms with E-state index in [-0.39, 0.29) is 17.2 Å². The van der Waals surface area contributed by atoms with Gasteiger partial charge in [-0.3, -0.25) is 9.59 Å². The molecule has 6 heteroatoms. The number of carbonyl (C=O) groups excluding carboxylic acids is 2. The first-order valence-electron chi connectivity index (χ1n) is 12.4. The number of nitrogens with one attached hydrogen (secondary N) is 2. The fraction of sp³-hybridized carbons (Fsp3) is 0.500. The van der Waals surface area contributed by atoms with Crippen LogP contribution in [0.4, 0.5) is 5.69 Å². The van der Waals surface area contributed by atoms with Gasteiger partial charge in [0.25, 0.3) is 5.91 Å². The Morgan fingerprint density at radius 1 is 0.882 bits per heavy atom. The van der Waals surface area contributed by atoms with Gasteiger partial charge in [-0.2, -0.15) is 0 Å². The van der Waals surface area contributed by atoms with E-state index >= 15 is 0 Å². The van der Waals surface area contributed by atoms with E-state index < -0.39 is 0 Å². The van der Waals surface area contributed by atoms with E-state index in [0.29, 0.717) is 31.0 Å². The lowest BCUT2D eigenvalue weighted by atomic mass is 9.49. The third-order valence-electron chi connectivity index (χ3n) is 7.86. The molecule has 4 aliphatic rings.